The molecule has 0 aromatic heterocycles. The summed E-state index contributed by atoms with van der Waals surface area (Å²) in [5.41, 5.74) is 0. The Kier molecular flexibility index (Phi) is 14.2. The highest BCUT2D eigenvalue weighted by molar-refractivity contribution is 5.73. The Hall–Kier alpha value is -1.78. The fourth-order valence-corrected chi connectivity index (χ4v) is 6.29. The average molecular weight is 733 g/mol. The molecule has 4 fully saturated rings. The van der Waals surface area contributed by atoms with Gasteiger partial charge in [-0.1, -0.05) is 0 Å². The van der Waals surface area contributed by atoms with Crippen molar-refractivity contribution in [3.05, 3.63) is 0 Å². The van der Waals surface area contributed by atoms with E-state index >= 15 is 0 Å². The molecule has 22 heteroatoms. The van der Waals surface area contributed by atoms with Crippen LogP contribution in [-0.4, -0.2) is 211 Å². The van der Waals surface area contributed by atoms with E-state index in [-0.39, 0.29) is 0 Å². The largest absolute Gasteiger partial charge is 0.394 e. The molecule has 20 atom stereocenters. The van der Waals surface area contributed by atoms with Crippen LogP contribution >= 0.6 is 0 Å². The van der Waals surface area contributed by atoms with Crippen LogP contribution in [0.25, 0.3) is 0 Å². The van der Waals surface area contributed by atoms with E-state index in [4.69, 9.17) is 33.2 Å². The molecule has 0 aromatic carbocycles. The van der Waals surface area contributed by atoms with Gasteiger partial charge in [-0.2, -0.15) is 0 Å². The molecule has 1 unspecified atom stereocenters. The zero-order chi connectivity index (χ0) is 37.2. The maximum atomic E-state index is 12.6. The van der Waals surface area contributed by atoms with Crippen molar-refractivity contribution < 1.29 is 98.9 Å². The second kappa shape index (κ2) is 17.4. The maximum Gasteiger partial charge on any atom is 0.217 e. The number of hydrogen-bond donors (Lipinski definition) is 13. The molecule has 0 aromatic rings. The van der Waals surface area contributed by atoms with E-state index in [1.165, 1.54) is 6.92 Å². The van der Waals surface area contributed by atoms with E-state index in [1.54, 1.807) is 0 Å². The molecular weight excluding hydrogens is 684 g/mol. The lowest BCUT2D eigenvalue weighted by molar-refractivity contribution is -0.379. The third-order valence-electron chi connectivity index (χ3n) is 8.97. The third kappa shape index (κ3) is 8.70. The number of amides is 2. The lowest BCUT2D eigenvalue weighted by atomic mass is 9.93. The lowest BCUT2D eigenvalue weighted by Crippen LogP contribution is -2.71. The van der Waals surface area contributed by atoms with Gasteiger partial charge in [0, 0.05) is 13.8 Å². The molecule has 22 nitrogen and oxygen atoms in total. The molecule has 0 saturated carbocycles. The highest BCUT2D eigenvalue weighted by Gasteiger charge is 2.56. The standard InChI is InChI=1S/C28H48N2O20/c1-7-15(36)19(40)20(41)28(44-7)49-23-14(30-9(3)35)27(50-24-17(38)11(5-32)45-25(43)21(24)42)47-12(6-33)22(23)48-26-13(29-8(2)34)18(39)16(37)10(4-31)46-26/h7,10-28,31-33,36-43H,4-6H2,1-3H3,(H,29,34)(H,30,35)/t7-,10+,11+,12+,13+,14+,15+,16-,17-,18+,19+,20-,21+,22+,23+,24-,25?,26-,27-,28-/m0/s1. The summed E-state index contributed by atoms with van der Waals surface area (Å²) >= 11 is 0. The van der Waals surface area contributed by atoms with Gasteiger partial charge in [-0.25, -0.2) is 0 Å². The predicted octanol–water partition coefficient (Wildman–Crippen LogP) is -8.43. The Morgan fingerprint density at radius 1 is 0.520 bits per heavy atom. The molecule has 0 aliphatic carbocycles. The van der Waals surface area contributed by atoms with Gasteiger partial charge >= 0.3 is 0 Å². The first kappa shape index (κ1) is 41.0. The van der Waals surface area contributed by atoms with Gasteiger partial charge in [-0.3, -0.25) is 9.59 Å². The topological polar surface area (TPSA) is 345 Å². The Morgan fingerprint density at radius 3 is 1.60 bits per heavy atom. The van der Waals surface area contributed by atoms with Crippen LogP contribution < -0.4 is 10.6 Å². The summed E-state index contributed by atoms with van der Waals surface area (Å²) in [4.78, 5) is 24.6. The van der Waals surface area contributed by atoms with Crippen LogP contribution in [-0.2, 0) is 42.7 Å². The third-order valence-corrected chi connectivity index (χ3v) is 8.97. The first-order chi connectivity index (χ1) is 23.5. The number of aliphatic hydroxyl groups excluding tert-OH is 11. The molecule has 50 heavy (non-hydrogen) atoms. The fourth-order valence-electron chi connectivity index (χ4n) is 6.29. The SMILES string of the molecule is CC(=O)N[C@H]1[C@H](O[C@H]2[C@H](O[C@@H]3O[C@@H](C)[C@@H](O)[C@@H](O)[C@@H]3O)[C@@H](NC(C)=O)[C@H](O[C@H]3[C@@H](O)[C@@H](CO)OC(O)[C@@H]3O)O[C@@H]2CO)O[C@H](CO)[C@H](O)[C@@H]1O. The van der Waals surface area contributed by atoms with Gasteiger partial charge < -0.3 is 100.0 Å². The van der Waals surface area contributed by atoms with E-state index < -0.39 is 154 Å². The Morgan fingerprint density at radius 2 is 1.02 bits per heavy atom. The quantitative estimate of drug-likeness (QED) is 0.0938. The van der Waals surface area contributed by atoms with E-state index in [2.05, 4.69) is 10.6 Å². The molecule has 4 aliphatic heterocycles. The van der Waals surface area contributed by atoms with Gasteiger partial charge in [-0.15, -0.1) is 0 Å². The minimum Gasteiger partial charge on any atom is -0.394 e. The second-order valence-electron chi connectivity index (χ2n) is 12.6. The Bertz CT molecular complexity index is 1130. The molecule has 290 valence electrons. The minimum absolute atomic E-state index is 0.700. The second-order valence-corrected chi connectivity index (χ2v) is 12.6. The molecule has 13 N–H and O–H groups in total. The van der Waals surface area contributed by atoms with Gasteiger partial charge in [0.15, 0.2) is 25.2 Å². The van der Waals surface area contributed by atoms with Crippen LogP contribution in [0, 0.1) is 0 Å². The molecule has 0 spiro atoms. The van der Waals surface area contributed by atoms with E-state index in [1.807, 2.05) is 0 Å². The summed E-state index contributed by atoms with van der Waals surface area (Å²) in [7, 11) is 0. The van der Waals surface area contributed by atoms with Crippen LogP contribution in [0.3, 0.4) is 0 Å². The first-order valence-corrected chi connectivity index (χ1v) is 15.9. The van der Waals surface area contributed by atoms with Gasteiger partial charge in [-0.05, 0) is 6.92 Å². The fraction of sp³-hybridized carbons (Fsp3) is 0.929. The van der Waals surface area contributed by atoms with E-state index in [0.29, 0.717) is 0 Å². The number of carbonyl (C=O) groups is 2. The summed E-state index contributed by atoms with van der Waals surface area (Å²) in [6, 6.07) is -3.13. The lowest BCUT2D eigenvalue weighted by Gasteiger charge is -2.51. The van der Waals surface area contributed by atoms with Crippen LogP contribution in [0.4, 0.5) is 0 Å². The minimum atomic E-state index is -1.96. The van der Waals surface area contributed by atoms with Crippen LogP contribution in [0.2, 0.25) is 0 Å². The van der Waals surface area contributed by atoms with Crippen molar-refractivity contribution in [2.45, 2.75) is 143 Å². The highest BCUT2D eigenvalue weighted by Crippen LogP contribution is 2.35. The van der Waals surface area contributed by atoms with Crippen LogP contribution in [0.15, 0.2) is 0 Å². The van der Waals surface area contributed by atoms with E-state index in [9.17, 15) is 65.8 Å². The van der Waals surface area contributed by atoms with Crippen molar-refractivity contribution in [2.75, 3.05) is 19.8 Å². The van der Waals surface area contributed by atoms with Crippen molar-refractivity contribution in [3.8, 4) is 0 Å². The molecular formula is C28H48N2O20. The van der Waals surface area contributed by atoms with Crippen LogP contribution in [0.1, 0.15) is 20.8 Å². The Balaban J connectivity index is 1.77. The van der Waals surface area contributed by atoms with Gasteiger partial charge in [0.1, 0.15) is 91.4 Å². The van der Waals surface area contributed by atoms with Crippen LogP contribution in [0.5, 0.6) is 0 Å². The van der Waals surface area contributed by atoms with Gasteiger partial charge in [0.2, 0.25) is 11.8 Å². The number of hydrogen-bond acceptors (Lipinski definition) is 20. The zero-order valence-electron chi connectivity index (χ0n) is 27.3. The number of aliphatic hydroxyl groups is 11. The Labute approximate surface area is 285 Å². The van der Waals surface area contributed by atoms with Gasteiger partial charge in [0.25, 0.3) is 0 Å². The molecule has 4 aliphatic rings. The summed E-state index contributed by atoms with van der Waals surface area (Å²) in [6.45, 7) is 0.943. The number of carbonyl (C=O) groups excluding carboxylic acids is 2. The summed E-state index contributed by atoms with van der Waals surface area (Å²) in [6.07, 6.45) is -30.6. The van der Waals surface area contributed by atoms with Crippen molar-refractivity contribution in [2.24, 2.45) is 0 Å². The number of nitrogens with one attached hydrogen (secondary N) is 2. The smallest absolute Gasteiger partial charge is 0.217 e. The summed E-state index contributed by atoms with van der Waals surface area (Å²) in [5, 5.41) is 119. The zero-order valence-corrected chi connectivity index (χ0v) is 27.3. The molecule has 2 amide bonds. The first-order valence-electron chi connectivity index (χ1n) is 15.9. The maximum absolute atomic E-state index is 12.6. The van der Waals surface area contributed by atoms with Crippen molar-refractivity contribution in [1.29, 1.82) is 0 Å². The summed E-state index contributed by atoms with van der Waals surface area (Å²) in [5.74, 6) is -1.46. The number of rotatable bonds is 11. The highest BCUT2D eigenvalue weighted by atomic mass is 16.8. The molecule has 0 radical (unpaired) electrons. The normalized spacial score (nSPS) is 48.5. The van der Waals surface area contributed by atoms with Crippen molar-refractivity contribution in [3.63, 3.8) is 0 Å². The summed E-state index contributed by atoms with van der Waals surface area (Å²) < 4.78 is 40.3. The van der Waals surface area contributed by atoms with Crippen molar-refractivity contribution in [1.82, 2.24) is 10.6 Å². The molecule has 4 heterocycles. The molecule has 0 bridgehead atoms. The average Bonchev–Trinajstić information content (AvgIpc) is 3.07. The number of ether oxygens (including phenoxy) is 7. The monoisotopic (exact) mass is 732 g/mol. The molecule has 4 rings (SSSR count). The van der Waals surface area contributed by atoms with Gasteiger partial charge in [0.05, 0.1) is 25.9 Å². The van der Waals surface area contributed by atoms with Crippen molar-refractivity contribution >= 4 is 11.8 Å². The predicted molar refractivity (Wildman–Crippen MR) is 156 cm³/mol. The molecule has 4 saturated heterocycles. The van der Waals surface area contributed by atoms with E-state index in [0.717, 1.165) is 13.8 Å².